The van der Waals surface area contributed by atoms with Crippen LogP contribution in [0.1, 0.15) is 29.8 Å². The smallest absolute Gasteiger partial charge is 0.251 e. The Morgan fingerprint density at radius 3 is 2.32 bits per heavy atom. The number of carbonyl (C=O) groups excluding carboxylic acids is 1. The molecule has 0 radical (unpaired) electrons. The van der Waals surface area contributed by atoms with Gasteiger partial charge in [-0.05, 0) is 44.2 Å². The number of hydrogen-bond acceptors (Lipinski definition) is 4. The standard InChI is InChI=1S/C18H22N2O4S/c1-13(2)20-25(22,23)16-10-8-14(9-11-16)18(21)19-12-15-6-4-5-7-17(15)24-3/h4-11,13,20H,12H2,1-3H3,(H,19,21). The number of amides is 1. The van der Waals surface area contributed by atoms with Crippen LogP contribution in [0.5, 0.6) is 5.75 Å². The SMILES string of the molecule is COc1ccccc1CNC(=O)c1ccc(S(=O)(=O)NC(C)C)cc1. The molecule has 7 heteroatoms. The van der Waals surface area contributed by atoms with Crippen LogP contribution in [0.2, 0.25) is 0 Å². The molecule has 0 aromatic heterocycles. The maximum atomic E-state index is 12.2. The van der Waals surface area contributed by atoms with Crippen LogP contribution in [-0.4, -0.2) is 27.5 Å². The summed E-state index contributed by atoms with van der Waals surface area (Å²) in [5.41, 5.74) is 1.25. The molecule has 0 bridgehead atoms. The van der Waals surface area contributed by atoms with E-state index in [-0.39, 0.29) is 16.8 Å². The molecule has 2 aromatic rings. The van der Waals surface area contributed by atoms with Crippen molar-refractivity contribution in [3.63, 3.8) is 0 Å². The minimum absolute atomic E-state index is 0.127. The molecule has 0 saturated carbocycles. The third-order valence-corrected chi connectivity index (χ3v) is 5.12. The van der Waals surface area contributed by atoms with Crippen molar-refractivity contribution in [2.45, 2.75) is 31.3 Å². The van der Waals surface area contributed by atoms with E-state index in [1.807, 2.05) is 24.3 Å². The van der Waals surface area contributed by atoms with E-state index in [0.717, 1.165) is 5.56 Å². The maximum Gasteiger partial charge on any atom is 0.251 e. The van der Waals surface area contributed by atoms with Crippen molar-refractivity contribution in [2.24, 2.45) is 0 Å². The van der Waals surface area contributed by atoms with Crippen molar-refractivity contribution in [2.75, 3.05) is 7.11 Å². The highest BCUT2D eigenvalue weighted by atomic mass is 32.2. The van der Waals surface area contributed by atoms with Crippen molar-refractivity contribution < 1.29 is 17.9 Å². The van der Waals surface area contributed by atoms with Gasteiger partial charge in [-0.1, -0.05) is 18.2 Å². The quantitative estimate of drug-likeness (QED) is 0.792. The fourth-order valence-corrected chi connectivity index (χ4v) is 3.54. The second-order valence-corrected chi connectivity index (χ2v) is 7.51. The van der Waals surface area contributed by atoms with E-state index in [4.69, 9.17) is 4.74 Å². The number of para-hydroxylation sites is 1. The number of rotatable bonds is 7. The predicted molar refractivity (Wildman–Crippen MR) is 96.1 cm³/mol. The molecular formula is C18H22N2O4S. The van der Waals surface area contributed by atoms with Gasteiger partial charge in [-0.3, -0.25) is 4.79 Å². The van der Waals surface area contributed by atoms with Gasteiger partial charge in [-0.15, -0.1) is 0 Å². The Bertz CT molecular complexity index is 830. The summed E-state index contributed by atoms with van der Waals surface area (Å²) in [6.45, 7) is 3.81. The number of carbonyl (C=O) groups is 1. The molecule has 0 spiro atoms. The average molecular weight is 362 g/mol. The molecule has 134 valence electrons. The summed E-state index contributed by atoms with van der Waals surface area (Å²) in [5, 5.41) is 2.80. The average Bonchev–Trinajstić information content (AvgIpc) is 2.59. The number of nitrogens with one attached hydrogen (secondary N) is 2. The largest absolute Gasteiger partial charge is 0.496 e. The minimum Gasteiger partial charge on any atom is -0.496 e. The molecule has 0 unspecified atom stereocenters. The van der Waals surface area contributed by atoms with Gasteiger partial charge in [0.25, 0.3) is 5.91 Å². The van der Waals surface area contributed by atoms with Gasteiger partial charge in [-0.2, -0.15) is 0 Å². The fourth-order valence-electron chi connectivity index (χ4n) is 2.29. The lowest BCUT2D eigenvalue weighted by atomic mass is 10.2. The number of ether oxygens (including phenoxy) is 1. The highest BCUT2D eigenvalue weighted by Crippen LogP contribution is 2.17. The monoisotopic (exact) mass is 362 g/mol. The minimum atomic E-state index is -3.56. The van der Waals surface area contributed by atoms with Gasteiger partial charge in [0.2, 0.25) is 10.0 Å². The molecule has 0 atom stereocenters. The summed E-state index contributed by atoms with van der Waals surface area (Å²) in [4.78, 5) is 12.4. The molecule has 2 N–H and O–H groups in total. The van der Waals surface area contributed by atoms with Crippen LogP contribution in [0.3, 0.4) is 0 Å². The van der Waals surface area contributed by atoms with Crippen LogP contribution >= 0.6 is 0 Å². The molecule has 2 aromatic carbocycles. The van der Waals surface area contributed by atoms with Crippen LogP contribution in [0.15, 0.2) is 53.4 Å². The van der Waals surface area contributed by atoms with Gasteiger partial charge in [0.1, 0.15) is 5.75 Å². The van der Waals surface area contributed by atoms with Gasteiger partial charge < -0.3 is 10.1 Å². The second-order valence-electron chi connectivity index (χ2n) is 5.79. The normalized spacial score (nSPS) is 11.4. The second kappa shape index (κ2) is 8.13. The fraction of sp³-hybridized carbons (Fsp3) is 0.278. The first-order valence-electron chi connectivity index (χ1n) is 7.86. The molecular weight excluding hydrogens is 340 g/mol. The third kappa shape index (κ3) is 5.04. The van der Waals surface area contributed by atoms with Crippen molar-refractivity contribution in [1.29, 1.82) is 0 Å². The number of benzene rings is 2. The maximum absolute atomic E-state index is 12.2. The zero-order valence-electron chi connectivity index (χ0n) is 14.4. The van der Waals surface area contributed by atoms with Gasteiger partial charge in [0.15, 0.2) is 0 Å². The summed E-state index contributed by atoms with van der Waals surface area (Å²) in [5.74, 6) is 0.413. The molecule has 0 fully saturated rings. The summed E-state index contributed by atoms with van der Waals surface area (Å²) >= 11 is 0. The zero-order chi connectivity index (χ0) is 18.4. The summed E-state index contributed by atoms with van der Waals surface area (Å²) in [7, 11) is -1.99. The number of sulfonamides is 1. The van der Waals surface area contributed by atoms with Crippen molar-refractivity contribution >= 4 is 15.9 Å². The molecule has 0 saturated heterocycles. The zero-order valence-corrected chi connectivity index (χ0v) is 15.3. The molecule has 1 amide bonds. The Morgan fingerprint density at radius 1 is 1.08 bits per heavy atom. The van der Waals surface area contributed by atoms with Gasteiger partial charge in [-0.25, -0.2) is 13.1 Å². The lowest BCUT2D eigenvalue weighted by molar-refractivity contribution is 0.0950. The molecule has 0 aliphatic heterocycles. The first kappa shape index (κ1) is 19.0. The molecule has 0 aliphatic rings. The highest BCUT2D eigenvalue weighted by Gasteiger charge is 2.16. The Hall–Kier alpha value is -2.38. The first-order valence-corrected chi connectivity index (χ1v) is 9.34. The van der Waals surface area contributed by atoms with Gasteiger partial charge in [0, 0.05) is 23.7 Å². The number of hydrogen-bond donors (Lipinski definition) is 2. The van der Waals surface area contributed by atoms with Crippen LogP contribution in [0.4, 0.5) is 0 Å². The van der Waals surface area contributed by atoms with Crippen molar-refractivity contribution in [3.8, 4) is 5.75 Å². The van der Waals surface area contributed by atoms with Crippen molar-refractivity contribution in [3.05, 3.63) is 59.7 Å². The predicted octanol–water partition coefficient (Wildman–Crippen LogP) is 2.31. The molecule has 0 aliphatic carbocycles. The van der Waals surface area contributed by atoms with E-state index in [9.17, 15) is 13.2 Å². The van der Waals surface area contributed by atoms with Crippen LogP contribution in [-0.2, 0) is 16.6 Å². The molecule has 6 nitrogen and oxygen atoms in total. The number of methoxy groups -OCH3 is 1. The topological polar surface area (TPSA) is 84.5 Å². The Labute approximate surface area is 148 Å². The van der Waals surface area contributed by atoms with E-state index < -0.39 is 10.0 Å². The van der Waals surface area contributed by atoms with E-state index in [1.165, 1.54) is 24.3 Å². The molecule has 2 rings (SSSR count). The highest BCUT2D eigenvalue weighted by molar-refractivity contribution is 7.89. The van der Waals surface area contributed by atoms with Crippen molar-refractivity contribution in [1.82, 2.24) is 10.0 Å². The van der Waals surface area contributed by atoms with E-state index in [2.05, 4.69) is 10.0 Å². The molecule has 25 heavy (non-hydrogen) atoms. The summed E-state index contributed by atoms with van der Waals surface area (Å²) < 4.78 is 31.9. The lowest BCUT2D eigenvalue weighted by Gasteiger charge is -2.11. The van der Waals surface area contributed by atoms with E-state index in [1.54, 1.807) is 21.0 Å². The van der Waals surface area contributed by atoms with E-state index in [0.29, 0.717) is 17.9 Å². The third-order valence-electron chi connectivity index (χ3n) is 3.45. The Morgan fingerprint density at radius 2 is 1.72 bits per heavy atom. The lowest BCUT2D eigenvalue weighted by Crippen LogP contribution is -2.30. The Balaban J connectivity index is 2.06. The van der Waals surface area contributed by atoms with E-state index >= 15 is 0 Å². The molecule has 0 heterocycles. The Kier molecular flexibility index (Phi) is 6.17. The summed E-state index contributed by atoms with van der Waals surface area (Å²) in [6, 6.07) is 13.0. The van der Waals surface area contributed by atoms with Crippen LogP contribution in [0, 0.1) is 0 Å². The van der Waals surface area contributed by atoms with Gasteiger partial charge in [0.05, 0.1) is 12.0 Å². The van der Waals surface area contributed by atoms with Gasteiger partial charge >= 0.3 is 0 Å². The summed E-state index contributed by atoms with van der Waals surface area (Å²) in [6.07, 6.45) is 0. The van der Waals surface area contributed by atoms with Crippen LogP contribution in [0.25, 0.3) is 0 Å². The first-order chi connectivity index (χ1) is 11.8. The van der Waals surface area contributed by atoms with Crippen LogP contribution < -0.4 is 14.8 Å².